The molecule has 2 heterocycles. The van der Waals surface area contributed by atoms with Gasteiger partial charge in [0.15, 0.2) is 0 Å². The minimum atomic E-state index is 0.648. The van der Waals surface area contributed by atoms with Gasteiger partial charge >= 0.3 is 0 Å². The lowest BCUT2D eigenvalue weighted by molar-refractivity contribution is 0.575. The van der Waals surface area contributed by atoms with E-state index in [1.54, 1.807) is 11.3 Å². The summed E-state index contributed by atoms with van der Waals surface area (Å²) in [5.74, 6) is 0.742. The van der Waals surface area contributed by atoms with Crippen LogP contribution in [-0.2, 0) is 0 Å². The van der Waals surface area contributed by atoms with E-state index in [9.17, 15) is 0 Å². The summed E-state index contributed by atoms with van der Waals surface area (Å²) in [6.07, 6.45) is 1.29. The van der Waals surface area contributed by atoms with Gasteiger partial charge < -0.3 is 5.32 Å². The summed E-state index contributed by atoms with van der Waals surface area (Å²) in [6, 6.07) is 3.59. The van der Waals surface area contributed by atoms with Crippen LogP contribution in [0.3, 0.4) is 0 Å². The second-order valence-electron chi connectivity index (χ2n) is 3.76. The van der Waals surface area contributed by atoms with Gasteiger partial charge in [-0.15, -0.1) is 0 Å². The smallest absolute Gasteiger partial charge is 0.0111 e. The Morgan fingerprint density at radius 1 is 1.50 bits per heavy atom. The molecule has 2 heteroatoms. The van der Waals surface area contributed by atoms with Crippen LogP contribution < -0.4 is 5.32 Å². The predicted molar refractivity (Wildman–Crippen MR) is 53.7 cm³/mol. The van der Waals surface area contributed by atoms with Gasteiger partial charge in [-0.1, -0.05) is 0 Å². The van der Waals surface area contributed by atoms with Crippen LogP contribution in [0, 0.1) is 0 Å². The van der Waals surface area contributed by atoms with E-state index in [4.69, 9.17) is 0 Å². The molecule has 1 fully saturated rings. The second kappa shape index (κ2) is 3.19. The highest BCUT2D eigenvalue weighted by molar-refractivity contribution is 7.07. The Morgan fingerprint density at radius 2 is 2.33 bits per heavy atom. The van der Waals surface area contributed by atoms with Gasteiger partial charge in [-0.25, -0.2) is 0 Å². The summed E-state index contributed by atoms with van der Waals surface area (Å²) < 4.78 is 0. The van der Waals surface area contributed by atoms with E-state index in [1.807, 2.05) is 0 Å². The molecule has 0 aliphatic carbocycles. The topological polar surface area (TPSA) is 12.0 Å². The molecule has 1 saturated heterocycles. The van der Waals surface area contributed by atoms with E-state index in [2.05, 4.69) is 36.0 Å². The zero-order valence-electron chi connectivity index (χ0n) is 7.58. The van der Waals surface area contributed by atoms with Crippen LogP contribution in [0.25, 0.3) is 0 Å². The van der Waals surface area contributed by atoms with Gasteiger partial charge in [0.1, 0.15) is 0 Å². The molecule has 0 bridgehead atoms. The van der Waals surface area contributed by atoms with Crippen molar-refractivity contribution < 1.29 is 0 Å². The van der Waals surface area contributed by atoms with Gasteiger partial charge in [0.25, 0.3) is 0 Å². The first-order chi connectivity index (χ1) is 5.77. The number of nitrogens with one attached hydrogen (secondary N) is 1. The molecule has 3 unspecified atom stereocenters. The third-order valence-corrected chi connectivity index (χ3v) is 3.43. The minimum Gasteiger partial charge on any atom is -0.311 e. The fourth-order valence-electron chi connectivity index (χ4n) is 2.13. The van der Waals surface area contributed by atoms with Gasteiger partial charge in [0, 0.05) is 18.0 Å². The third kappa shape index (κ3) is 1.41. The fraction of sp³-hybridized carbons (Fsp3) is 0.600. The highest BCUT2D eigenvalue weighted by atomic mass is 32.1. The summed E-state index contributed by atoms with van der Waals surface area (Å²) >= 11 is 1.80. The van der Waals surface area contributed by atoms with Crippen LogP contribution in [0.1, 0.15) is 31.7 Å². The van der Waals surface area contributed by atoms with Crippen LogP contribution in [0.4, 0.5) is 0 Å². The quantitative estimate of drug-likeness (QED) is 0.702. The first kappa shape index (κ1) is 8.27. The summed E-state index contributed by atoms with van der Waals surface area (Å²) in [6.45, 7) is 4.55. The average Bonchev–Trinajstić information content (AvgIpc) is 2.58. The van der Waals surface area contributed by atoms with Gasteiger partial charge in [-0.3, -0.25) is 0 Å². The molecule has 0 radical (unpaired) electrons. The Bertz CT molecular complexity index is 242. The third-order valence-electron chi connectivity index (χ3n) is 2.73. The Balaban J connectivity index is 2.15. The molecule has 1 aromatic rings. The van der Waals surface area contributed by atoms with Crippen molar-refractivity contribution in [3.05, 3.63) is 22.4 Å². The first-order valence-corrected chi connectivity index (χ1v) is 5.50. The number of rotatable bonds is 1. The molecular weight excluding hydrogens is 166 g/mol. The Morgan fingerprint density at radius 3 is 2.83 bits per heavy atom. The van der Waals surface area contributed by atoms with Gasteiger partial charge in [-0.2, -0.15) is 11.3 Å². The van der Waals surface area contributed by atoms with Crippen LogP contribution >= 0.6 is 11.3 Å². The molecule has 2 rings (SSSR count). The Kier molecular flexibility index (Phi) is 2.20. The highest BCUT2D eigenvalue weighted by Gasteiger charge is 2.28. The summed E-state index contributed by atoms with van der Waals surface area (Å²) in [4.78, 5) is 0. The Labute approximate surface area is 77.8 Å². The van der Waals surface area contributed by atoms with Crippen LogP contribution in [-0.4, -0.2) is 12.1 Å². The molecule has 1 aliphatic heterocycles. The molecule has 0 amide bonds. The molecule has 12 heavy (non-hydrogen) atoms. The van der Waals surface area contributed by atoms with Crippen molar-refractivity contribution >= 4 is 11.3 Å². The normalized spacial score (nSPS) is 35.7. The molecule has 1 N–H and O–H groups in total. The predicted octanol–water partition coefficient (Wildman–Crippen LogP) is 2.60. The van der Waals surface area contributed by atoms with Crippen molar-refractivity contribution in [3.8, 4) is 0 Å². The molecule has 66 valence electrons. The van der Waals surface area contributed by atoms with Crippen molar-refractivity contribution in [2.45, 2.75) is 38.3 Å². The molecule has 1 nitrogen and oxygen atoms in total. The highest BCUT2D eigenvalue weighted by Crippen LogP contribution is 2.31. The molecule has 1 aliphatic rings. The maximum atomic E-state index is 3.56. The van der Waals surface area contributed by atoms with Gasteiger partial charge in [0.05, 0.1) is 0 Å². The fourth-order valence-corrected chi connectivity index (χ4v) is 2.85. The number of thiophene rings is 1. The van der Waals surface area contributed by atoms with Gasteiger partial charge in [-0.05, 0) is 42.7 Å². The molecule has 0 saturated carbocycles. The van der Waals surface area contributed by atoms with E-state index < -0.39 is 0 Å². The van der Waals surface area contributed by atoms with E-state index in [-0.39, 0.29) is 0 Å². The lowest BCUT2D eigenvalue weighted by atomic mass is 9.94. The van der Waals surface area contributed by atoms with Crippen molar-refractivity contribution in [3.63, 3.8) is 0 Å². The molecule has 3 atom stereocenters. The van der Waals surface area contributed by atoms with Crippen LogP contribution in [0.2, 0.25) is 0 Å². The Hall–Kier alpha value is -0.340. The maximum absolute atomic E-state index is 3.56. The largest absolute Gasteiger partial charge is 0.311 e. The van der Waals surface area contributed by atoms with Crippen LogP contribution in [0.5, 0.6) is 0 Å². The minimum absolute atomic E-state index is 0.648. The molecule has 0 spiro atoms. The maximum Gasteiger partial charge on any atom is 0.0111 e. The molecule has 0 aromatic carbocycles. The number of hydrogen-bond acceptors (Lipinski definition) is 2. The lowest BCUT2D eigenvalue weighted by Crippen LogP contribution is -2.25. The van der Waals surface area contributed by atoms with E-state index >= 15 is 0 Å². The van der Waals surface area contributed by atoms with Crippen molar-refractivity contribution in [2.24, 2.45) is 0 Å². The standard InChI is InChI=1S/C10H15NS/c1-7-5-10(8(2)11-7)9-3-4-12-6-9/h3-4,6-8,10-11H,5H2,1-2H3. The van der Waals surface area contributed by atoms with Crippen molar-refractivity contribution in [2.75, 3.05) is 0 Å². The van der Waals surface area contributed by atoms with E-state index in [1.165, 1.54) is 12.0 Å². The first-order valence-electron chi connectivity index (χ1n) is 4.55. The number of hydrogen-bond donors (Lipinski definition) is 1. The summed E-state index contributed by atoms with van der Waals surface area (Å²) in [5, 5.41) is 8.01. The zero-order chi connectivity index (χ0) is 8.55. The molecular formula is C10H15NS. The van der Waals surface area contributed by atoms with E-state index in [0.717, 1.165) is 5.92 Å². The average molecular weight is 181 g/mol. The monoisotopic (exact) mass is 181 g/mol. The van der Waals surface area contributed by atoms with Crippen molar-refractivity contribution in [1.82, 2.24) is 5.32 Å². The SMILES string of the molecule is CC1CC(c2ccsc2)C(C)N1. The van der Waals surface area contributed by atoms with Gasteiger partial charge in [0.2, 0.25) is 0 Å². The lowest BCUT2D eigenvalue weighted by Gasteiger charge is -2.12. The van der Waals surface area contributed by atoms with Crippen LogP contribution in [0.15, 0.2) is 16.8 Å². The zero-order valence-corrected chi connectivity index (χ0v) is 8.40. The summed E-state index contributed by atoms with van der Waals surface area (Å²) in [5.41, 5.74) is 1.52. The molecule has 1 aromatic heterocycles. The van der Waals surface area contributed by atoms with E-state index in [0.29, 0.717) is 12.1 Å². The summed E-state index contributed by atoms with van der Waals surface area (Å²) in [7, 11) is 0. The second-order valence-corrected chi connectivity index (χ2v) is 4.54. The van der Waals surface area contributed by atoms with Crippen molar-refractivity contribution in [1.29, 1.82) is 0 Å².